The lowest BCUT2D eigenvalue weighted by molar-refractivity contribution is -0.141. The number of pyridine rings is 1. The van der Waals surface area contributed by atoms with E-state index in [0.717, 1.165) is 11.1 Å². The van der Waals surface area contributed by atoms with Crippen LogP contribution in [0.15, 0.2) is 53.7 Å². The summed E-state index contributed by atoms with van der Waals surface area (Å²) in [5, 5.41) is -0.0719. The van der Waals surface area contributed by atoms with E-state index < -0.39 is 22.0 Å². The molecule has 0 aliphatic rings. The third kappa shape index (κ3) is 5.64. The van der Waals surface area contributed by atoms with Gasteiger partial charge in [-0.3, -0.25) is 4.79 Å². The Morgan fingerprint density at radius 3 is 2.46 bits per heavy atom. The van der Waals surface area contributed by atoms with Gasteiger partial charge in [-0.15, -0.1) is 0 Å². The molecule has 0 fully saturated rings. The topological polar surface area (TPSA) is 85.4 Å². The molecule has 2 aromatic rings. The standard InChI is InChI=1S/C19H24N2O4S/c1-14-7-9-16(10-8-14)12-15(2)17(13-19(22)25-3)21-26(23,24)18-6-4-5-11-20-18/h4-11,15,17,21H,12-13H2,1-3H3. The first kappa shape index (κ1) is 20.1. The number of aryl methyl sites for hydroxylation is 1. The summed E-state index contributed by atoms with van der Waals surface area (Å²) < 4.78 is 32.5. The lowest BCUT2D eigenvalue weighted by Crippen LogP contribution is -2.42. The minimum Gasteiger partial charge on any atom is -0.469 e. The zero-order chi connectivity index (χ0) is 19.2. The van der Waals surface area contributed by atoms with Gasteiger partial charge in [0.05, 0.1) is 13.5 Å². The molecule has 2 unspecified atom stereocenters. The number of benzene rings is 1. The summed E-state index contributed by atoms with van der Waals surface area (Å²) >= 11 is 0. The molecule has 1 aromatic heterocycles. The number of nitrogens with one attached hydrogen (secondary N) is 1. The van der Waals surface area contributed by atoms with Gasteiger partial charge in [-0.05, 0) is 37.0 Å². The van der Waals surface area contributed by atoms with Crippen molar-refractivity contribution in [3.8, 4) is 0 Å². The molecular formula is C19H24N2O4S. The Morgan fingerprint density at radius 2 is 1.88 bits per heavy atom. The second-order valence-electron chi connectivity index (χ2n) is 6.34. The normalized spacial score (nSPS) is 13.8. The van der Waals surface area contributed by atoms with Crippen molar-refractivity contribution in [2.75, 3.05) is 7.11 Å². The Hall–Kier alpha value is -2.25. The first-order chi connectivity index (χ1) is 12.3. The molecule has 0 saturated heterocycles. The zero-order valence-corrected chi connectivity index (χ0v) is 16.0. The first-order valence-electron chi connectivity index (χ1n) is 8.37. The predicted molar refractivity (Wildman–Crippen MR) is 99.0 cm³/mol. The summed E-state index contributed by atoms with van der Waals surface area (Å²) in [5.74, 6) is -0.579. The van der Waals surface area contributed by atoms with Crippen LogP contribution < -0.4 is 4.72 Å². The number of nitrogens with zero attached hydrogens (tertiary/aromatic N) is 1. The smallest absolute Gasteiger partial charge is 0.307 e. The summed E-state index contributed by atoms with van der Waals surface area (Å²) in [7, 11) is -2.54. The second-order valence-corrected chi connectivity index (χ2v) is 8.00. The predicted octanol–water partition coefficient (Wildman–Crippen LogP) is 2.48. The highest BCUT2D eigenvalue weighted by Crippen LogP contribution is 2.18. The molecular weight excluding hydrogens is 352 g/mol. The Balaban J connectivity index is 2.19. The zero-order valence-electron chi connectivity index (χ0n) is 15.2. The van der Waals surface area contributed by atoms with Crippen molar-refractivity contribution in [2.45, 2.75) is 37.8 Å². The van der Waals surface area contributed by atoms with E-state index >= 15 is 0 Å². The van der Waals surface area contributed by atoms with Crippen molar-refractivity contribution in [1.82, 2.24) is 9.71 Å². The van der Waals surface area contributed by atoms with Crippen LogP contribution in [0.4, 0.5) is 0 Å². The van der Waals surface area contributed by atoms with Gasteiger partial charge in [0.2, 0.25) is 0 Å². The van der Waals surface area contributed by atoms with Crippen molar-refractivity contribution in [2.24, 2.45) is 5.92 Å². The molecule has 0 bridgehead atoms. The van der Waals surface area contributed by atoms with E-state index in [2.05, 4.69) is 9.71 Å². The van der Waals surface area contributed by atoms with Gasteiger partial charge in [0.1, 0.15) is 0 Å². The van der Waals surface area contributed by atoms with E-state index in [4.69, 9.17) is 4.74 Å². The first-order valence-corrected chi connectivity index (χ1v) is 9.86. The molecule has 7 heteroatoms. The Bertz CT molecular complexity index is 820. The minimum atomic E-state index is -3.83. The summed E-state index contributed by atoms with van der Waals surface area (Å²) in [5.41, 5.74) is 2.23. The summed E-state index contributed by atoms with van der Waals surface area (Å²) in [6.07, 6.45) is 2.00. The van der Waals surface area contributed by atoms with Gasteiger partial charge in [0.25, 0.3) is 10.0 Å². The quantitative estimate of drug-likeness (QED) is 0.716. The van der Waals surface area contributed by atoms with Crippen molar-refractivity contribution in [3.63, 3.8) is 0 Å². The number of aromatic nitrogens is 1. The number of carbonyl (C=O) groups is 1. The summed E-state index contributed by atoms with van der Waals surface area (Å²) in [6, 6.07) is 12.1. The van der Waals surface area contributed by atoms with Crippen LogP contribution in [0.2, 0.25) is 0 Å². The molecule has 0 spiro atoms. The highest BCUT2D eigenvalue weighted by atomic mass is 32.2. The van der Waals surface area contributed by atoms with Gasteiger partial charge in [-0.2, -0.15) is 0 Å². The average molecular weight is 376 g/mol. The molecule has 6 nitrogen and oxygen atoms in total. The Morgan fingerprint density at radius 1 is 1.19 bits per heavy atom. The molecule has 0 radical (unpaired) electrons. The fourth-order valence-corrected chi connectivity index (χ4v) is 3.92. The molecule has 0 aliphatic heterocycles. The van der Waals surface area contributed by atoms with Gasteiger partial charge in [0, 0.05) is 12.2 Å². The monoisotopic (exact) mass is 376 g/mol. The van der Waals surface area contributed by atoms with E-state index in [-0.39, 0.29) is 17.4 Å². The lowest BCUT2D eigenvalue weighted by Gasteiger charge is -2.24. The van der Waals surface area contributed by atoms with Crippen LogP contribution in [0.5, 0.6) is 0 Å². The van der Waals surface area contributed by atoms with Crippen LogP contribution >= 0.6 is 0 Å². The maximum atomic E-state index is 12.6. The van der Waals surface area contributed by atoms with Crippen LogP contribution in [0, 0.1) is 12.8 Å². The molecule has 0 saturated carbocycles. The number of methoxy groups -OCH3 is 1. The molecule has 1 heterocycles. The number of esters is 1. The highest BCUT2D eigenvalue weighted by molar-refractivity contribution is 7.89. The number of carbonyl (C=O) groups excluding carboxylic acids is 1. The van der Waals surface area contributed by atoms with Gasteiger partial charge >= 0.3 is 5.97 Å². The van der Waals surface area contributed by atoms with Crippen LogP contribution in [0.1, 0.15) is 24.5 Å². The van der Waals surface area contributed by atoms with Crippen LogP contribution in [0.3, 0.4) is 0 Å². The van der Waals surface area contributed by atoms with Gasteiger partial charge < -0.3 is 4.74 Å². The highest BCUT2D eigenvalue weighted by Gasteiger charge is 2.27. The molecule has 1 N–H and O–H groups in total. The van der Waals surface area contributed by atoms with Gasteiger partial charge in [0.15, 0.2) is 5.03 Å². The van der Waals surface area contributed by atoms with Crippen molar-refractivity contribution >= 4 is 16.0 Å². The second kappa shape index (κ2) is 8.91. The van der Waals surface area contributed by atoms with E-state index in [0.29, 0.717) is 6.42 Å². The third-order valence-corrected chi connectivity index (χ3v) is 5.60. The van der Waals surface area contributed by atoms with Crippen LogP contribution in [-0.2, 0) is 26.0 Å². The van der Waals surface area contributed by atoms with Crippen LogP contribution in [0.25, 0.3) is 0 Å². The molecule has 26 heavy (non-hydrogen) atoms. The summed E-state index contributed by atoms with van der Waals surface area (Å²) in [6.45, 7) is 3.92. The SMILES string of the molecule is COC(=O)CC(NS(=O)(=O)c1ccccn1)C(C)Cc1ccc(C)cc1. The molecule has 0 aliphatic carbocycles. The fourth-order valence-electron chi connectivity index (χ4n) is 2.63. The number of ether oxygens (including phenoxy) is 1. The number of rotatable bonds is 8. The molecule has 0 amide bonds. The van der Waals surface area contributed by atoms with E-state index in [1.807, 2.05) is 38.1 Å². The minimum absolute atomic E-state index is 0.0460. The van der Waals surface area contributed by atoms with Crippen molar-refractivity contribution < 1.29 is 17.9 Å². The van der Waals surface area contributed by atoms with Gasteiger partial charge in [-0.1, -0.05) is 42.8 Å². The van der Waals surface area contributed by atoms with Crippen molar-refractivity contribution in [3.05, 3.63) is 59.8 Å². The number of sulfonamides is 1. The largest absolute Gasteiger partial charge is 0.469 e. The van der Waals surface area contributed by atoms with Crippen molar-refractivity contribution in [1.29, 1.82) is 0 Å². The van der Waals surface area contributed by atoms with E-state index in [1.54, 1.807) is 12.1 Å². The van der Waals surface area contributed by atoms with Gasteiger partial charge in [-0.25, -0.2) is 18.1 Å². The molecule has 2 rings (SSSR count). The number of hydrogen-bond donors (Lipinski definition) is 1. The van der Waals surface area contributed by atoms with Crippen LogP contribution in [-0.4, -0.2) is 32.5 Å². The average Bonchev–Trinajstić information content (AvgIpc) is 2.63. The Labute approximate surface area is 154 Å². The Kier molecular flexibility index (Phi) is 6.88. The number of hydrogen-bond acceptors (Lipinski definition) is 5. The molecule has 140 valence electrons. The lowest BCUT2D eigenvalue weighted by atomic mass is 9.92. The maximum absolute atomic E-state index is 12.6. The molecule has 1 aromatic carbocycles. The fraction of sp³-hybridized carbons (Fsp3) is 0.368. The third-order valence-electron chi connectivity index (χ3n) is 4.20. The summed E-state index contributed by atoms with van der Waals surface area (Å²) in [4.78, 5) is 15.7. The maximum Gasteiger partial charge on any atom is 0.307 e. The molecule has 2 atom stereocenters. The van der Waals surface area contributed by atoms with E-state index in [1.165, 1.54) is 19.4 Å². The van der Waals surface area contributed by atoms with E-state index in [9.17, 15) is 13.2 Å².